The van der Waals surface area contributed by atoms with Gasteiger partial charge in [0.15, 0.2) is 0 Å². The zero-order chi connectivity index (χ0) is 22.9. The Hall–Kier alpha value is -4.32. The molecule has 3 aromatic heterocycles. The normalized spacial score (nSPS) is 11.0. The van der Waals surface area contributed by atoms with Crippen molar-refractivity contribution in [2.45, 2.75) is 0 Å². The van der Waals surface area contributed by atoms with Gasteiger partial charge >= 0.3 is 0 Å². The fraction of sp³-hybridized carbons (Fsp3) is 0.0741. The number of anilines is 1. The van der Waals surface area contributed by atoms with E-state index in [2.05, 4.69) is 4.98 Å². The van der Waals surface area contributed by atoms with Gasteiger partial charge in [-0.05, 0) is 78.4 Å². The highest BCUT2D eigenvalue weighted by Crippen LogP contribution is 2.35. The minimum absolute atomic E-state index is 0.125. The van der Waals surface area contributed by atoms with Crippen molar-refractivity contribution in [2.24, 2.45) is 0 Å². The molecular weight excluding hydrogens is 415 g/mol. The number of halogens is 1. The summed E-state index contributed by atoms with van der Waals surface area (Å²) in [4.78, 5) is 19.6. The van der Waals surface area contributed by atoms with E-state index in [4.69, 9.17) is 5.10 Å². The summed E-state index contributed by atoms with van der Waals surface area (Å²) in [5.41, 5.74) is 6.05. The van der Waals surface area contributed by atoms with Crippen LogP contribution in [0.3, 0.4) is 0 Å². The van der Waals surface area contributed by atoms with Gasteiger partial charge in [-0.2, -0.15) is 5.10 Å². The number of ketones is 1. The van der Waals surface area contributed by atoms with Crippen LogP contribution in [0.25, 0.3) is 27.9 Å². The lowest BCUT2D eigenvalue weighted by Crippen LogP contribution is -2.11. The maximum Gasteiger partial charge on any atom is 0.211 e. The van der Waals surface area contributed by atoms with E-state index in [-0.39, 0.29) is 11.6 Å². The van der Waals surface area contributed by atoms with Crippen LogP contribution in [0.2, 0.25) is 0 Å². The molecule has 5 rings (SSSR count). The monoisotopic (exact) mass is 436 g/mol. The molecule has 0 saturated heterocycles. The maximum atomic E-state index is 13.6. The molecular formula is C27H21FN4O. The smallest absolute Gasteiger partial charge is 0.211 e. The highest BCUT2D eigenvalue weighted by atomic mass is 19.1. The second-order valence-electron chi connectivity index (χ2n) is 7.94. The number of carbonyl (C=O) groups is 1. The van der Waals surface area contributed by atoms with Crippen LogP contribution in [0, 0.1) is 5.82 Å². The second kappa shape index (κ2) is 8.31. The van der Waals surface area contributed by atoms with Gasteiger partial charge in [-0.15, -0.1) is 0 Å². The lowest BCUT2D eigenvalue weighted by molar-refractivity contribution is 0.103. The van der Waals surface area contributed by atoms with Crippen LogP contribution in [0.5, 0.6) is 0 Å². The molecule has 0 aliphatic rings. The number of nitrogens with zero attached hydrogens (tertiary/aromatic N) is 4. The number of fused-ring (bicyclic) bond motifs is 1. The number of carbonyl (C=O) groups excluding carboxylic acids is 1. The Bertz CT molecular complexity index is 1440. The molecule has 6 heteroatoms. The molecule has 33 heavy (non-hydrogen) atoms. The molecule has 0 aliphatic heterocycles. The summed E-state index contributed by atoms with van der Waals surface area (Å²) in [7, 11) is 3.91. The first kappa shape index (κ1) is 20.6. The van der Waals surface area contributed by atoms with Gasteiger partial charge in [0, 0.05) is 48.9 Å². The molecule has 0 bridgehead atoms. The Morgan fingerprint density at radius 1 is 0.848 bits per heavy atom. The summed E-state index contributed by atoms with van der Waals surface area (Å²) in [5, 5.41) is 4.83. The topological polar surface area (TPSA) is 50.5 Å². The average molecular weight is 436 g/mol. The van der Waals surface area contributed by atoms with Gasteiger partial charge in [0.25, 0.3) is 0 Å². The van der Waals surface area contributed by atoms with Crippen LogP contribution in [0.15, 0.2) is 91.3 Å². The van der Waals surface area contributed by atoms with Gasteiger partial charge in [0.2, 0.25) is 5.78 Å². The van der Waals surface area contributed by atoms with Crippen LogP contribution in [-0.4, -0.2) is 34.5 Å². The predicted octanol–water partition coefficient (Wildman–Crippen LogP) is 5.50. The molecule has 0 aliphatic carbocycles. The number of pyridine rings is 2. The molecule has 0 saturated carbocycles. The molecule has 5 nitrogen and oxygen atoms in total. The molecule has 0 N–H and O–H groups in total. The lowest BCUT2D eigenvalue weighted by atomic mass is 10.0. The zero-order valence-electron chi connectivity index (χ0n) is 18.2. The van der Waals surface area contributed by atoms with Crippen LogP contribution >= 0.6 is 0 Å². The van der Waals surface area contributed by atoms with Crippen molar-refractivity contribution < 1.29 is 9.18 Å². The Morgan fingerprint density at radius 2 is 1.55 bits per heavy atom. The highest BCUT2D eigenvalue weighted by molar-refractivity contribution is 6.09. The Balaban J connectivity index is 1.71. The van der Waals surface area contributed by atoms with Crippen molar-refractivity contribution in [2.75, 3.05) is 19.0 Å². The Morgan fingerprint density at radius 3 is 2.21 bits per heavy atom. The molecule has 5 aromatic rings. The minimum Gasteiger partial charge on any atom is -0.378 e. The van der Waals surface area contributed by atoms with Gasteiger partial charge < -0.3 is 4.90 Å². The molecule has 2 aromatic carbocycles. The van der Waals surface area contributed by atoms with E-state index in [0.717, 1.165) is 27.9 Å². The third kappa shape index (κ3) is 3.76. The molecule has 0 radical (unpaired) electrons. The highest BCUT2D eigenvalue weighted by Gasteiger charge is 2.21. The molecule has 0 unspecified atom stereocenters. The largest absolute Gasteiger partial charge is 0.378 e. The van der Waals surface area contributed by atoms with Crippen LogP contribution in [0.1, 0.15) is 16.1 Å². The summed E-state index contributed by atoms with van der Waals surface area (Å²) < 4.78 is 15.3. The van der Waals surface area contributed by atoms with E-state index in [0.29, 0.717) is 17.0 Å². The molecule has 0 atom stereocenters. The fourth-order valence-electron chi connectivity index (χ4n) is 3.91. The van der Waals surface area contributed by atoms with Gasteiger partial charge in [0.05, 0.1) is 5.52 Å². The van der Waals surface area contributed by atoms with Crippen molar-refractivity contribution in [1.29, 1.82) is 0 Å². The number of hydrogen-bond donors (Lipinski definition) is 0. The molecule has 162 valence electrons. The SMILES string of the molecule is CN(C)c1ccc(C(=O)c2cccc3c(-c4ccncc4)c(-c4ccc(F)cc4)nn23)cc1. The predicted molar refractivity (Wildman–Crippen MR) is 128 cm³/mol. The average Bonchev–Trinajstić information content (AvgIpc) is 3.24. The molecule has 0 amide bonds. The van der Waals surface area contributed by atoms with Crippen LogP contribution in [0.4, 0.5) is 10.1 Å². The number of benzene rings is 2. The first-order chi connectivity index (χ1) is 16.0. The first-order valence-electron chi connectivity index (χ1n) is 10.5. The van der Waals surface area contributed by atoms with E-state index in [9.17, 15) is 9.18 Å². The third-order valence-electron chi connectivity index (χ3n) is 5.62. The second-order valence-corrected chi connectivity index (χ2v) is 7.94. The Labute approximate surface area is 190 Å². The van der Waals surface area contributed by atoms with E-state index in [1.165, 1.54) is 12.1 Å². The van der Waals surface area contributed by atoms with Crippen molar-refractivity contribution >= 4 is 17.0 Å². The summed E-state index contributed by atoms with van der Waals surface area (Å²) >= 11 is 0. The van der Waals surface area contributed by atoms with Gasteiger partial charge in [-0.25, -0.2) is 8.91 Å². The van der Waals surface area contributed by atoms with Crippen LogP contribution < -0.4 is 4.90 Å². The van der Waals surface area contributed by atoms with Crippen LogP contribution in [-0.2, 0) is 0 Å². The molecule has 3 heterocycles. The zero-order valence-corrected chi connectivity index (χ0v) is 18.2. The quantitative estimate of drug-likeness (QED) is 0.342. The minimum atomic E-state index is -0.315. The van der Waals surface area contributed by atoms with E-state index < -0.39 is 0 Å². The van der Waals surface area contributed by atoms with Crippen molar-refractivity contribution in [3.63, 3.8) is 0 Å². The first-order valence-corrected chi connectivity index (χ1v) is 10.5. The fourth-order valence-corrected chi connectivity index (χ4v) is 3.91. The van der Waals surface area contributed by atoms with Crippen molar-refractivity contribution in [1.82, 2.24) is 14.6 Å². The van der Waals surface area contributed by atoms with Crippen molar-refractivity contribution in [3.8, 4) is 22.4 Å². The molecule has 0 spiro atoms. The Kier molecular flexibility index (Phi) is 5.18. The summed E-state index contributed by atoms with van der Waals surface area (Å²) in [6, 6.07) is 23.1. The number of hydrogen-bond acceptors (Lipinski definition) is 4. The lowest BCUT2D eigenvalue weighted by Gasteiger charge is -2.12. The number of aromatic nitrogens is 3. The van der Waals surface area contributed by atoms with Gasteiger partial charge in [-0.1, -0.05) is 6.07 Å². The summed E-state index contributed by atoms with van der Waals surface area (Å²) in [5.74, 6) is -0.439. The summed E-state index contributed by atoms with van der Waals surface area (Å²) in [6.45, 7) is 0. The van der Waals surface area contributed by atoms with E-state index in [1.54, 1.807) is 35.1 Å². The standard InChI is InChI=1S/C27H21FN4O/c1-31(2)22-12-8-20(9-13-22)27(33)24-5-3-4-23-25(18-14-16-29-17-15-18)26(30-32(23)24)19-6-10-21(28)11-7-19/h3-17H,1-2H3. The van der Waals surface area contributed by atoms with Gasteiger partial charge in [-0.3, -0.25) is 9.78 Å². The third-order valence-corrected chi connectivity index (χ3v) is 5.62. The number of rotatable bonds is 5. The molecule has 0 fully saturated rings. The van der Waals surface area contributed by atoms with E-state index in [1.807, 2.05) is 67.5 Å². The van der Waals surface area contributed by atoms with Crippen molar-refractivity contribution in [3.05, 3.63) is 108 Å². The maximum absolute atomic E-state index is 13.6. The van der Waals surface area contributed by atoms with Gasteiger partial charge in [0.1, 0.15) is 17.2 Å². The summed E-state index contributed by atoms with van der Waals surface area (Å²) in [6.07, 6.45) is 3.43. The van der Waals surface area contributed by atoms with E-state index >= 15 is 0 Å².